The molecule has 0 aliphatic rings. The molecule has 0 saturated carbocycles. The van der Waals surface area contributed by atoms with Gasteiger partial charge in [0.1, 0.15) is 0 Å². The second-order valence-electron chi connectivity index (χ2n) is 2.32. The third-order valence-corrected chi connectivity index (χ3v) is 1.59. The summed E-state index contributed by atoms with van der Waals surface area (Å²) in [5.74, 6) is 0.683. The first-order valence-corrected chi connectivity index (χ1v) is 4.15. The third-order valence-electron chi connectivity index (χ3n) is 1.26. The molecule has 0 atom stereocenters. The SMILES string of the molecule is CN(Cl)CCN(C)CCCl. The zero-order chi connectivity index (χ0) is 7.98. The number of likely N-dealkylation sites (N-methyl/N-ethyl adjacent to an activating group) is 2. The van der Waals surface area contributed by atoms with Crippen molar-refractivity contribution < 1.29 is 0 Å². The minimum atomic E-state index is 0.683. The zero-order valence-electron chi connectivity index (χ0n) is 6.48. The summed E-state index contributed by atoms with van der Waals surface area (Å²) >= 11 is 11.1. The first kappa shape index (κ1) is 10.5. The lowest BCUT2D eigenvalue weighted by Crippen LogP contribution is -2.28. The molecule has 2 nitrogen and oxygen atoms in total. The molecule has 0 fully saturated rings. The van der Waals surface area contributed by atoms with Gasteiger partial charge in [-0.05, 0) is 18.8 Å². The van der Waals surface area contributed by atoms with Crippen molar-refractivity contribution in [3.05, 3.63) is 0 Å². The van der Waals surface area contributed by atoms with Gasteiger partial charge in [-0.2, -0.15) is 0 Å². The molecular weight excluding hydrogens is 171 g/mol. The van der Waals surface area contributed by atoms with Gasteiger partial charge in [0.2, 0.25) is 0 Å². The predicted octanol–water partition coefficient (Wildman–Crippen LogP) is 1.24. The van der Waals surface area contributed by atoms with E-state index in [-0.39, 0.29) is 0 Å². The standard InChI is InChI=1S/C6H14Cl2N2/c1-9(4-3-7)5-6-10(2)8/h3-6H2,1-2H3. The monoisotopic (exact) mass is 184 g/mol. The maximum atomic E-state index is 5.60. The van der Waals surface area contributed by atoms with Crippen molar-refractivity contribution in [2.24, 2.45) is 0 Å². The van der Waals surface area contributed by atoms with Crippen molar-refractivity contribution in [2.45, 2.75) is 0 Å². The Labute approximate surface area is 72.8 Å². The van der Waals surface area contributed by atoms with Gasteiger partial charge in [0, 0.05) is 32.6 Å². The first-order valence-electron chi connectivity index (χ1n) is 3.28. The van der Waals surface area contributed by atoms with E-state index in [1.165, 1.54) is 0 Å². The Hall–Kier alpha value is 0.500. The Bertz CT molecular complexity index is 78.1. The molecule has 10 heavy (non-hydrogen) atoms. The van der Waals surface area contributed by atoms with Crippen LogP contribution in [0, 0.1) is 0 Å². The van der Waals surface area contributed by atoms with Gasteiger partial charge in [-0.3, -0.25) is 0 Å². The Kier molecular flexibility index (Phi) is 6.54. The Morgan fingerprint density at radius 2 is 1.70 bits per heavy atom. The Morgan fingerprint density at radius 3 is 2.10 bits per heavy atom. The molecule has 0 saturated heterocycles. The summed E-state index contributed by atoms with van der Waals surface area (Å²) in [6.07, 6.45) is 0. The van der Waals surface area contributed by atoms with Crippen LogP contribution in [0.1, 0.15) is 0 Å². The average Bonchev–Trinajstić information content (AvgIpc) is 1.85. The van der Waals surface area contributed by atoms with E-state index in [1.54, 1.807) is 4.42 Å². The fraction of sp³-hybridized carbons (Fsp3) is 1.00. The molecule has 0 aromatic carbocycles. The molecule has 0 rings (SSSR count). The summed E-state index contributed by atoms with van der Waals surface area (Å²) in [5.41, 5.74) is 0. The molecule has 0 aliphatic heterocycles. The number of hydrogen-bond donors (Lipinski definition) is 0. The summed E-state index contributed by atoms with van der Waals surface area (Å²) in [6, 6.07) is 0. The van der Waals surface area contributed by atoms with Crippen LogP contribution in [-0.2, 0) is 0 Å². The zero-order valence-corrected chi connectivity index (χ0v) is 7.99. The highest BCUT2D eigenvalue weighted by Crippen LogP contribution is 1.89. The number of hydrogen-bond acceptors (Lipinski definition) is 2. The van der Waals surface area contributed by atoms with Crippen molar-refractivity contribution in [3.8, 4) is 0 Å². The van der Waals surface area contributed by atoms with Crippen LogP contribution in [0.5, 0.6) is 0 Å². The maximum Gasteiger partial charge on any atom is 0.0351 e. The molecule has 0 bridgehead atoms. The summed E-state index contributed by atoms with van der Waals surface area (Å²) in [6.45, 7) is 2.76. The highest BCUT2D eigenvalue weighted by Gasteiger charge is 1.97. The third kappa shape index (κ3) is 6.62. The van der Waals surface area contributed by atoms with Crippen molar-refractivity contribution in [2.75, 3.05) is 39.6 Å². The molecular formula is C6H14Cl2N2. The number of rotatable bonds is 5. The Balaban J connectivity index is 3.12. The van der Waals surface area contributed by atoms with Crippen LogP contribution in [0.2, 0.25) is 0 Å². The molecule has 0 spiro atoms. The van der Waals surface area contributed by atoms with Gasteiger partial charge in [-0.1, -0.05) is 0 Å². The van der Waals surface area contributed by atoms with Crippen LogP contribution >= 0.6 is 23.4 Å². The van der Waals surface area contributed by atoms with Gasteiger partial charge in [-0.15, -0.1) is 11.6 Å². The Morgan fingerprint density at radius 1 is 1.10 bits per heavy atom. The van der Waals surface area contributed by atoms with E-state index >= 15 is 0 Å². The van der Waals surface area contributed by atoms with Crippen LogP contribution in [0.3, 0.4) is 0 Å². The van der Waals surface area contributed by atoms with Crippen LogP contribution in [0.4, 0.5) is 0 Å². The summed E-state index contributed by atoms with van der Waals surface area (Å²) in [4.78, 5) is 2.14. The topological polar surface area (TPSA) is 6.48 Å². The lowest BCUT2D eigenvalue weighted by molar-refractivity contribution is 0.328. The van der Waals surface area contributed by atoms with Crippen molar-refractivity contribution in [3.63, 3.8) is 0 Å². The van der Waals surface area contributed by atoms with Crippen molar-refractivity contribution in [1.29, 1.82) is 0 Å². The lowest BCUT2D eigenvalue weighted by Gasteiger charge is -2.16. The summed E-state index contributed by atoms with van der Waals surface area (Å²) in [5, 5.41) is 0. The van der Waals surface area contributed by atoms with E-state index in [2.05, 4.69) is 4.90 Å². The normalized spacial score (nSPS) is 11.4. The highest BCUT2D eigenvalue weighted by molar-refractivity contribution is 6.18. The first-order chi connectivity index (χ1) is 4.66. The molecule has 0 aromatic rings. The summed E-state index contributed by atoms with van der Waals surface area (Å²) in [7, 11) is 3.87. The van der Waals surface area contributed by atoms with E-state index < -0.39 is 0 Å². The fourth-order valence-electron chi connectivity index (χ4n) is 0.565. The average molecular weight is 185 g/mol. The second kappa shape index (κ2) is 6.23. The van der Waals surface area contributed by atoms with E-state index in [1.807, 2.05) is 14.1 Å². The number of alkyl halides is 1. The lowest BCUT2D eigenvalue weighted by atomic mass is 10.5. The van der Waals surface area contributed by atoms with E-state index in [0.717, 1.165) is 19.6 Å². The van der Waals surface area contributed by atoms with Gasteiger partial charge in [0.15, 0.2) is 0 Å². The van der Waals surface area contributed by atoms with E-state index in [9.17, 15) is 0 Å². The smallest absolute Gasteiger partial charge is 0.0351 e. The minimum absolute atomic E-state index is 0.683. The van der Waals surface area contributed by atoms with Gasteiger partial charge >= 0.3 is 0 Å². The van der Waals surface area contributed by atoms with Crippen LogP contribution in [-0.4, -0.2) is 48.9 Å². The van der Waals surface area contributed by atoms with Gasteiger partial charge < -0.3 is 4.90 Å². The van der Waals surface area contributed by atoms with Crippen LogP contribution in [0.15, 0.2) is 0 Å². The van der Waals surface area contributed by atoms with Gasteiger partial charge in [-0.25, -0.2) is 4.42 Å². The quantitative estimate of drug-likeness (QED) is 0.469. The molecule has 4 heteroatoms. The fourth-order valence-corrected chi connectivity index (χ4v) is 0.929. The molecule has 0 radical (unpaired) electrons. The molecule has 62 valence electrons. The molecule has 0 aromatic heterocycles. The molecule has 0 heterocycles. The van der Waals surface area contributed by atoms with Gasteiger partial charge in [0.25, 0.3) is 0 Å². The molecule has 0 N–H and O–H groups in total. The largest absolute Gasteiger partial charge is 0.304 e. The van der Waals surface area contributed by atoms with Crippen molar-refractivity contribution >= 4 is 23.4 Å². The molecule has 0 amide bonds. The van der Waals surface area contributed by atoms with Crippen LogP contribution in [0.25, 0.3) is 0 Å². The predicted molar refractivity (Wildman–Crippen MR) is 46.7 cm³/mol. The minimum Gasteiger partial charge on any atom is -0.304 e. The maximum absolute atomic E-state index is 5.60. The van der Waals surface area contributed by atoms with Crippen molar-refractivity contribution in [1.82, 2.24) is 9.32 Å². The van der Waals surface area contributed by atoms with Crippen LogP contribution < -0.4 is 0 Å². The van der Waals surface area contributed by atoms with Gasteiger partial charge in [0.05, 0.1) is 0 Å². The number of nitrogens with zero attached hydrogens (tertiary/aromatic N) is 2. The van der Waals surface area contributed by atoms with E-state index in [0.29, 0.717) is 5.88 Å². The van der Waals surface area contributed by atoms with E-state index in [4.69, 9.17) is 23.4 Å². The summed E-state index contributed by atoms with van der Waals surface area (Å²) < 4.78 is 1.64. The highest BCUT2D eigenvalue weighted by atomic mass is 35.5. The molecule has 0 aliphatic carbocycles. The second-order valence-corrected chi connectivity index (χ2v) is 3.28. The number of halogens is 2. The molecule has 0 unspecified atom stereocenters.